The lowest BCUT2D eigenvalue weighted by atomic mass is 10.2. The molecule has 6 heteroatoms. The molecule has 1 atom stereocenters. The van der Waals surface area contributed by atoms with Crippen molar-refractivity contribution < 1.29 is 4.74 Å². The number of hydrogen-bond donors (Lipinski definition) is 1. The van der Waals surface area contributed by atoms with Crippen molar-refractivity contribution in [3.05, 3.63) is 34.3 Å². The molecule has 0 saturated heterocycles. The average Bonchev–Trinajstić information content (AvgIpc) is 2.98. The fourth-order valence-corrected chi connectivity index (χ4v) is 2.56. The Bertz CT molecular complexity index is 468. The summed E-state index contributed by atoms with van der Waals surface area (Å²) in [5.41, 5.74) is 2.38. The van der Waals surface area contributed by atoms with E-state index in [0.29, 0.717) is 6.61 Å². The van der Waals surface area contributed by atoms with E-state index in [9.17, 15) is 0 Å². The lowest BCUT2D eigenvalue weighted by Gasteiger charge is -2.23. The van der Waals surface area contributed by atoms with E-state index in [2.05, 4.69) is 32.5 Å². The molecule has 1 aliphatic rings. The van der Waals surface area contributed by atoms with Crippen molar-refractivity contribution in [3.63, 3.8) is 0 Å². The van der Waals surface area contributed by atoms with Gasteiger partial charge in [0, 0.05) is 13.1 Å². The van der Waals surface area contributed by atoms with Crippen LogP contribution in [0.1, 0.15) is 11.3 Å². The smallest absolute Gasteiger partial charge is 0.0906 e. The van der Waals surface area contributed by atoms with Gasteiger partial charge >= 0.3 is 0 Å². The lowest BCUT2D eigenvalue weighted by Crippen LogP contribution is -2.36. The predicted octanol–water partition coefficient (Wildman–Crippen LogP) is 1.03. The molecule has 90 valence electrons. The van der Waals surface area contributed by atoms with Gasteiger partial charge in [0.1, 0.15) is 0 Å². The monoisotopic (exact) mass is 250 g/mol. The van der Waals surface area contributed by atoms with Crippen molar-refractivity contribution in [2.45, 2.75) is 25.8 Å². The van der Waals surface area contributed by atoms with Crippen LogP contribution in [0.3, 0.4) is 0 Å². The van der Waals surface area contributed by atoms with Crippen molar-refractivity contribution in [1.29, 1.82) is 0 Å². The molecule has 1 aliphatic heterocycles. The summed E-state index contributed by atoms with van der Waals surface area (Å²) in [6, 6.07) is 2.13. The third kappa shape index (κ3) is 2.54. The van der Waals surface area contributed by atoms with E-state index >= 15 is 0 Å². The van der Waals surface area contributed by atoms with Crippen molar-refractivity contribution in [3.8, 4) is 0 Å². The van der Waals surface area contributed by atoms with Crippen molar-refractivity contribution in [1.82, 2.24) is 20.3 Å². The van der Waals surface area contributed by atoms with Crippen LogP contribution in [0.25, 0.3) is 0 Å². The molecule has 0 aliphatic carbocycles. The van der Waals surface area contributed by atoms with Gasteiger partial charge in [0.05, 0.1) is 31.1 Å². The normalized spacial score (nSPS) is 19.2. The Morgan fingerprint density at radius 2 is 2.59 bits per heavy atom. The largest absolute Gasteiger partial charge is 0.369 e. The molecule has 3 rings (SSSR count). The summed E-state index contributed by atoms with van der Waals surface area (Å²) in [4.78, 5) is 0. The number of thiophene rings is 1. The van der Waals surface area contributed by atoms with Gasteiger partial charge in [0.2, 0.25) is 0 Å². The molecular formula is C11H14N4OS. The van der Waals surface area contributed by atoms with Crippen LogP contribution < -0.4 is 5.32 Å². The van der Waals surface area contributed by atoms with E-state index in [1.807, 2.05) is 4.68 Å². The summed E-state index contributed by atoms with van der Waals surface area (Å²) in [7, 11) is 0. The fraction of sp³-hybridized carbons (Fsp3) is 0.455. The molecule has 0 saturated carbocycles. The highest BCUT2D eigenvalue weighted by atomic mass is 32.1. The first-order valence-corrected chi connectivity index (χ1v) is 6.57. The summed E-state index contributed by atoms with van der Waals surface area (Å²) in [5, 5.41) is 15.5. The number of ether oxygens (including phenoxy) is 1. The van der Waals surface area contributed by atoms with Gasteiger partial charge < -0.3 is 10.1 Å². The Kier molecular flexibility index (Phi) is 3.17. The van der Waals surface area contributed by atoms with Crippen LogP contribution in [0, 0.1) is 0 Å². The first kappa shape index (κ1) is 10.9. The molecule has 0 radical (unpaired) electrons. The maximum absolute atomic E-state index is 5.72. The van der Waals surface area contributed by atoms with Gasteiger partial charge in [-0.05, 0) is 22.4 Å². The Morgan fingerprint density at radius 3 is 3.47 bits per heavy atom. The number of hydrogen-bond acceptors (Lipinski definition) is 5. The van der Waals surface area contributed by atoms with Crippen LogP contribution in [0.4, 0.5) is 0 Å². The second-order valence-corrected chi connectivity index (χ2v) is 4.88. The zero-order valence-corrected chi connectivity index (χ0v) is 10.2. The molecule has 5 nitrogen and oxygen atoms in total. The van der Waals surface area contributed by atoms with Crippen molar-refractivity contribution >= 4 is 11.3 Å². The van der Waals surface area contributed by atoms with E-state index < -0.39 is 0 Å². The molecule has 0 fully saturated rings. The van der Waals surface area contributed by atoms with Crippen molar-refractivity contribution in [2.75, 3.05) is 6.54 Å². The number of fused-ring (bicyclic) bond motifs is 1. The average molecular weight is 250 g/mol. The van der Waals surface area contributed by atoms with E-state index in [4.69, 9.17) is 4.74 Å². The third-order valence-corrected chi connectivity index (χ3v) is 3.55. The summed E-state index contributed by atoms with van der Waals surface area (Å²) in [5.74, 6) is 0. The molecule has 0 unspecified atom stereocenters. The fourth-order valence-electron chi connectivity index (χ4n) is 1.89. The van der Waals surface area contributed by atoms with Crippen LogP contribution in [-0.2, 0) is 24.4 Å². The Morgan fingerprint density at radius 1 is 1.59 bits per heavy atom. The second kappa shape index (κ2) is 4.95. The molecular weight excluding hydrogens is 236 g/mol. The van der Waals surface area contributed by atoms with Crippen molar-refractivity contribution in [2.24, 2.45) is 0 Å². The van der Waals surface area contributed by atoms with Gasteiger partial charge in [-0.1, -0.05) is 5.21 Å². The molecule has 0 spiro atoms. The second-order valence-electron chi connectivity index (χ2n) is 4.10. The van der Waals surface area contributed by atoms with Crippen LogP contribution in [-0.4, -0.2) is 27.6 Å². The highest BCUT2D eigenvalue weighted by molar-refractivity contribution is 7.07. The minimum Gasteiger partial charge on any atom is -0.369 e. The van der Waals surface area contributed by atoms with Crippen LogP contribution in [0.15, 0.2) is 23.0 Å². The molecule has 0 aromatic carbocycles. The molecule has 0 amide bonds. The first-order chi connectivity index (χ1) is 8.42. The maximum atomic E-state index is 5.72. The lowest BCUT2D eigenvalue weighted by molar-refractivity contribution is 0.000985. The summed E-state index contributed by atoms with van der Waals surface area (Å²) in [6.45, 7) is 3.13. The van der Waals surface area contributed by atoms with E-state index in [-0.39, 0.29) is 6.10 Å². The Hall–Kier alpha value is -1.24. The van der Waals surface area contributed by atoms with E-state index in [0.717, 1.165) is 25.3 Å². The van der Waals surface area contributed by atoms with Gasteiger partial charge in [-0.15, -0.1) is 5.10 Å². The highest BCUT2D eigenvalue weighted by Crippen LogP contribution is 2.11. The van der Waals surface area contributed by atoms with E-state index in [1.165, 1.54) is 5.56 Å². The first-order valence-electron chi connectivity index (χ1n) is 5.62. The van der Waals surface area contributed by atoms with Crippen LogP contribution in [0.2, 0.25) is 0 Å². The Labute approximate surface area is 103 Å². The molecule has 1 N–H and O–H groups in total. The van der Waals surface area contributed by atoms with Gasteiger partial charge in [-0.3, -0.25) is 0 Å². The number of rotatable bonds is 4. The standard InChI is InChI=1S/C11H14N4OS/c1-2-17-8-9(1)3-12-5-11-6-15-10(7-16-11)4-13-14-15/h1-2,4,8,11-12H,3,5-7H2/t11-/m1/s1. The number of nitrogens with one attached hydrogen (secondary N) is 1. The molecule has 2 aromatic heterocycles. The van der Waals surface area contributed by atoms with Gasteiger partial charge in [0.25, 0.3) is 0 Å². The van der Waals surface area contributed by atoms with Crippen LogP contribution in [0.5, 0.6) is 0 Å². The maximum Gasteiger partial charge on any atom is 0.0906 e. The SMILES string of the molecule is c1cc(CNC[C@@H]2Cn3nncc3CO2)cs1. The zero-order chi connectivity index (χ0) is 11.5. The number of aromatic nitrogens is 3. The quantitative estimate of drug-likeness (QED) is 0.880. The molecule has 17 heavy (non-hydrogen) atoms. The third-order valence-electron chi connectivity index (χ3n) is 2.82. The predicted molar refractivity (Wildman–Crippen MR) is 64.6 cm³/mol. The van der Waals surface area contributed by atoms with Gasteiger partial charge in [-0.25, -0.2) is 4.68 Å². The zero-order valence-electron chi connectivity index (χ0n) is 9.37. The summed E-state index contributed by atoms with van der Waals surface area (Å²) >= 11 is 1.72. The highest BCUT2D eigenvalue weighted by Gasteiger charge is 2.19. The van der Waals surface area contributed by atoms with Crippen LogP contribution >= 0.6 is 11.3 Å². The molecule has 0 bridgehead atoms. The minimum absolute atomic E-state index is 0.183. The molecule has 3 heterocycles. The number of nitrogens with zero attached hydrogens (tertiary/aromatic N) is 3. The Balaban J connectivity index is 1.48. The summed E-state index contributed by atoms with van der Waals surface area (Å²) in [6.07, 6.45) is 1.94. The van der Waals surface area contributed by atoms with Gasteiger partial charge in [0.15, 0.2) is 0 Å². The van der Waals surface area contributed by atoms with Gasteiger partial charge in [-0.2, -0.15) is 11.3 Å². The molecule has 2 aromatic rings. The minimum atomic E-state index is 0.183. The van der Waals surface area contributed by atoms with E-state index in [1.54, 1.807) is 17.5 Å². The topological polar surface area (TPSA) is 52.0 Å². The summed E-state index contributed by atoms with van der Waals surface area (Å²) < 4.78 is 7.64.